The van der Waals surface area contributed by atoms with Crippen LogP contribution in [-0.2, 0) is 34.3 Å². The molecule has 1 heterocycles. The molecule has 0 saturated carbocycles. The largest absolute Gasteiger partial charge is 0.352 e. The van der Waals surface area contributed by atoms with Crippen molar-refractivity contribution in [1.29, 1.82) is 0 Å². The van der Waals surface area contributed by atoms with Gasteiger partial charge in [-0.25, -0.2) is 13.1 Å². The molecule has 0 bridgehead atoms. The Kier molecular flexibility index (Phi) is 8.81. The molecule has 0 spiro atoms. The fraction of sp³-hybridized carbons (Fsp3) is 0.458. The number of benzene rings is 2. The Bertz CT molecular complexity index is 967. The first-order chi connectivity index (χ1) is 15.4. The third kappa shape index (κ3) is 7.13. The zero-order valence-corrected chi connectivity index (χ0v) is 19.8. The Morgan fingerprint density at radius 3 is 2.03 bits per heavy atom. The van der Waals surface area contributed by atoms with Crippen LogP contribution in [0, 0.1) is 0 Å². The molecule has 1 saturated heterocycles. The number of hydrogen-bond donors (Lipinski definition) is 2. The van der Waals surface area contributed by atoms with Gasteiger partial charge in [0, 0.05) is 45.7 Å². The highest BCUT2D eigenvalue weighted by molar-refractivity contribution is 7.89. The number of nitrogens with one attached hydrogen (secondary N) is 2. The summed E-state index contributed by atoms with van der Waals surface area (Å²) in [6.07, 6.45) is 0.926. The summed E-state index contributed by atoms with van der Waals surface area (Å²) in [5.74, 6) is -0.0187. The van der Waals surface area contributed by atoms with Crippen molar-refractivity contribution in [3.8, 4) is 0 Å². The van der Waals surface area contributed by atoms with Crippen molar-refractivity contribution in [1.82, 2.24) is 19.8 Å². The lowest BCUT2D eigenvalue weighted by molar-refractivity contribution is -0.121. The zero-order valence-electron chi connectivity index (χ0n) is 19.0. The third-order valence-corrected chi connectivity index (χ3v) is 7.40. The van der Waals surface area contributed by atoms with Gasteiger partial charge >= 0.3 is 0 Å². The van der Waals surface area contributed by atoms with Crippen LogP contribution in [0.4, 0.5) is 0 Å². The number of likely N-dealkylation sites (N-methyl/N-ethyl adjacent to an activating group) is 1. The molecule has 0 atom stereocenters. The van der Waals surface area contributed by atoms with Gasteiger partial charge in [-0.2, -0.15) is 0 Å². The molecular formula is C24H34N4O3S. The number of piperazine rings is 1. The summed E-state index contributed by atoms with van der Waals surface area (Å²) in [6, 6.07) is 15.1. The van der Waals surface area contributed by atoms with Gasteiger partial charge in [0.05, 0.1) is 4.90 Å². The summed E-state index contributed by atoms with van der Waals surface area (Å²) >= 11 is 0. The molecule has 2 N–H and O–H groups in total. The van der Waals surface area contributed by atoms with E-state index < -0.39 is 10.0 Å². The monoisotopic (exact) mass is 458 g/mol. The number of carbonyl (C=O) groups is 1. The van der Waals surface area contributed by atoms with Gasteiger partial charge in [0.25, 0.3) is 0 Å². The van der Waals surface area contributed by atoms with Gasteiger partial charge in [-0.3, -0.25) is 9.69 Å². The van der Waals surface area contributed by atoms with E-state index in [4.69, 9.17) is 0 Å². The van der Waals surface area contributed by atoms with Gasteiger partial charge in [-0.1, -0.05) is 43.3 Å². The van der Waals surface area contributed by atoms with E-state index in [1.54, 1.807) is 24.3 Å². The minimum atomic E-state index is -3.43. The van der Waals surface area contributed by atoms with Crippen molar-refractivity contribution >= 4 is 15.9 Å². The number of amides is 1. The SMILES string of the molecule is CCN1CCN(Cc2ccc(CNC(=O)CCc3ccc(S(=O)(=O)NC)cc3)cc2)CC1. The molecule has 0 aliphatic carbocycles. The van der Waals surface area contributed by atoms with E-state index in [0.717, 1.165) is 50.4 Å². The van der Waals surface area contributed by atoms with Gasteiger partial charge in [0.2, 0.25) is 15.9 Å². The van der Waals surface area contributed by atoms with E-state index >= 15 is 0 Å². The summed E-state index contributed by atoms with van der Waals surface area (Å²) in [6.45, 7) is 9.32. The predicted molar refractivity (Wildman–Crippen MR) is 127 cm³/mol. The van der Waals surface area contributed by atoms with Crippen molar-refractivity contribution in [3.05, 3.63) is 65.2 Å². The summed E-state index contributed by atoms with van der Waals surface area (Å²) in [5.41, 5.74) is 3.31. The lowest BCUT2D eigenvalue weighted by atomic mass is 10.1. The molecule has 7 nitrogen and oxygen atoms in total. The van der Waals surface area contributed by atoms with E-state index in [9.17, 15) is 13.2 Å². The molecule has 2 aromatic rings. The standard InChI is InChI=1S/C24H34N4O3S/c1-3-27-14-16-28(17-15-27)19-22-6-4-21(5-7-22)18-26-24(29)13-10-20-8-11-23(12-9-20)32(30,31)25-2/h4-9,11-12,25H,3,10,13-19H2,1-2H3,(H,26,29). The second-order valence-electron chi connectivity index (χ2n) is 8.16. The molecule has 1 aliphatic rings. The fourth-order valence-electron chi connectivity index (χ4n) is 3.78. The molecular weight excluding hydrogens is 424 g/mol. The van der Waals surface area contributed by atoms with E-state index in [2.05, 4.69) is 51.0 Å². The lowest BCUT2D eigenvalue weighted by Gasteiger charge is -2.34. The van der Waals surface area contributed by atoms with Crippen LogP contribution in [0.15, 0.2) is 53.4 Å². The number of aryl methyl sites for hydroxylation is 1. The Hall–Kier alpha value is -2.26. The first-order valence-corrected chi connectivity index (χ1v) is 12.7. The molecule has 8 heteroatoms. The van der Waals surface area contributed by atoms with E-state index in [0.29, 0.717) is 19.4 Å². The lowest BCUT2D eigenvalue weighted by Crippen LogP contribution is -2.45. The smallest absolute Gasteiger partial charge is 0.240 e. The van der Waals surface area contributed by atoms with Gasteiger partial charge in [-0.15, -0.1) is 0 Å². The number of rotatable bonds is 10. The molecule has 3 rings (SSSR count). The van der Waals surface area contributed by atoms with Crippen LogP contribution in [0.2, 0.25) is 0 Å². The molecule has 0 radical (unpaired) electrons. The van der Waals surface area contributed by atoms with Crippen LogP contribution in [0.5, 0.6) is 0 Å². The Labute approximate surface area is 191 Å². The molecule has 1 fully saturated rings. The molecule has 0 unspecified atom stereocenters. The summed E-state index contributed by atoms with van der Waals surface area (Å²) in [5, 5.41) is 2.97. The Morgan fingerprint density at radius 2 is 1.44 bits per heavy atom. The maximum absolute atomic E-state index is 12.2. The second kappa shape index (κ2) is 11.6. The quantitative estimate of drug-likeness (QED) is 0.569. The minimum Gasteiger partial charge on any atom is -0.352 e. The van der Waals surface area contributed by atoms with Gasteiger partial charge in [0.1, 0.15) is 0 Å². The fourth-order valence-corrected chi connectivity index (χ4v) is 4.51. The van der Waals surface area contributed by atoms with Crippen molar-refractivity contribution in [2.75, 3.05) is 39.8 Å². The average Bonchev–Trinajstić information content (AvgIpc) is 2.83. The third-order valence-electron chi connectivity index (χ3n) is 5.97. The van der Waals surface area contributed by atoms with Crippen molar-refractivity contribution in [2.24, 2.45) is 0 Å². The molecule has 32 heavy (non-hydrogen) atoms. The maximum atomic E-state index is 12.2. The predicted octanol–water partition coefficient (Wildman–Crippen LogP) is 1.98. The minimum absolute atomic E-state index is 0.0187. The molecule has 174 valence electrons. The van der Waals surface area contributed by atoms with Gasteiger partial charge < -0.3 is 10.2 Å². The molecule has 2 aromatic carbocycles. The van der Waals surface area contributed by atoms with Crippen LogP contribution >= 0.6 is 0 Å². The van der Waals surface area contributed by atoms with Gasteiger partial charge in [-0.05, 0) is 48.8 Å². The van der Waals surface area contributed by atoms with Crippen LogP contribution in [0.1, 0.15) is 30.0 Å². The number of nitrogens with zero attached hydrogens (tertiary/aromatic N) is 2. The van der Waals surface area contributed by atoms with Crippen LogP contribution < -0.4 is 10.0 Å². The van der Waals surface area contributed by atoms with Crippen LogP contribution in [0.3, 0.4) is 0 Å². The summed E-state index contributed by atoms with van der Waals surface area (Å²) < 4.78 is 25.8. The normalized spacial score (nSPS) is 15.6. The Balaban J connectivity index is 1.39. The van der Waals surface area contributed by atoms with Crippen LogP contribution in [0.25, 0.3) is 0 Å². The average molecular weight is 459 g/mol. The van der Waals surface area contributed by atoms with E-state index in [1.807, 2.05) is 0 Å². The van der Waals surface area contributed by atoms with Crippen molar-refractivity contribution in [2.45, 2.75) is 37.8 Å². The highest BCUT2D eigenvalue weighted by atomic mass is 32.2. The number of sulfonamides is 1. The number of carbonyl (C=O) groups excluding carboxylic acids is 1. The van der Waals surface area contributed by atoms with Crippen molar-refractivity contribution < 1.29 is 13.2 Å². The highest BCUT2D eigenvalue weighted by Gasteiger charge is 2.15. The Morgan fingerprint density at radius 1 is 0.875 bits per heavy atom. The van der Waals surface area contributed by atoms with E-state index in [1.165, 1.54) is 12.6 Å². The summed E-state index contributed by atoms with van der Waals surface area (Å²) in [4.78, 5) is 17.4. The van der Waals surface area contributed by atoms with Crippen molar-refractivity contribution in [3.63, 3.8) is 0 Å². The zero-order chi connectivity index (χ0) is 23.0. The topological polar surface area (TPSA) is 81.8 Å². The first kappa shape index (κ1) is 24.4. The molecule has 1 amide bonds. The summed E-state index contributed by atoms with van der Waals surface area (Å²) in [7, 11) is -2.05. The highest BCUT2D eigenvalue weighted by Crippen LogP contribution is 2.12. The number of hydrogen-bond acceptors (Lipinski definition) is 5. The second-order valence-corrected chi connectivity index (χ2v) is 10.0. The maximum Gasteiger partial charge on any atom is 0.240 e. The molecule has 0 aromatic heterocycles. The van der Waals surface area contributed by atoms with E-state index in [-0.39, 0.29) is 10.8 Å². The van der Waals surface area contributed by atoms with Crippen LogP contribution in [-0.4, -0.2) is 63.9 Å². The first-order valence-electron chi connectivity index (χ1n) is 11.2. The molecule has 1 aliphatic heterocycles. The van der Waals surface area contributed by atoms with Gasteiger partial charge in [0.15, 0.2) is 0 Å².